The van der Waals surface area contributed by atoms with E-state index in [1.165, 1.54) is 11.4 Å². The highest BCUT2D eigenvalue weighted by Gasteiger charge is 2.30. The number of sulfonamides is 1. The average molecular weight is 437 g/mol. The molecule has 0 aliphatic carbocycles. The number of methoxy groups -OCH3 is 1. The molecule has 1 heterocycles. The van der Waals surface area contributed by atoms with Gasteiger partial charge < -0.3 is 9.64 Å². The summed E-state index contributed by atoms with van der Waals surface area (Å²) in [4.78, 5) is 14.5. The van der Waals surface area contributed by atoms with Gasteiger partial charge in [0.2, 0.25) is 15.9 Å². The Morgan fingerprint density at radius 3 is 2.31 bits per heavy atom. The summed E-state index contributed by atoms with van der Waals surface area (Å²) in [5.41, 5.74) is 2.03. The number of hydrogen-bond donors (Lipinski definition) is 0. The van der Waals surface area contributed by atoms with Crippen LogP contribution in [0.4, 0.5) is 0 Å². The number of ether oxygens (including phenoxy) is 1. The van der Waals surface area contributed by atoms with E-state index in [-0.39, 0.29) is 23.9 Å². The highest BCUT2D eigenvalue weighted by molar-refractivity contribution is 7.89. The van der Waals surface area contributed by atoms with Gasteiger partial charge in [-0.1, -0.05) is 23.7 Å². The van der Waals surface area contributed by atoms with Crippen LogP contribution in [0.25, 0.3) is 0 Å². The number of benzene rings is 2. The molecule has 0 atom stereocenters. The second kappa shape index (κ2) is 9.15. The summed E-state index contributed by atoms with van der Waals surface area (Å²) >= 11 is 6.14. The Bertz CT molecular complexity index is 969. The maximum atomic E-state index is 12.8. The molecule has 6 nitrogen and oxygen atoms in total. The van der Waals surface area contributed by atoms with Crippen LogP contribution in [0.1, 0.15) is 17.5 Å². The van der Waals surface area contributed by atoms with E-state index in [1.54, 1.807) is 29.2 Å². The summed E-state index contributed by atoms with van der Waals surface area (Å²) in [6.45, 7) is 3.30. The third kappa shape index (κ3) is 5.10. The molecular weight excluding hydrogens is 412 g/mol. The molecule has 1 aliphatic heterocycles. The molecule has 2 aromatic rings. The first-order valence-corrected chi connectivity index (χ1v) is 11.3. The zero-order valence-corrected chi connectivity index (χ0v) is 18.2. The van der Waals surface area contributed by atoms with E-state index in [2.05, 4.69) is 0 Å². The van der Waals surface area contributed by atoms with Crippen LogP contribution in [0.5, 0.6) is 5.75 Å². The monoisotopic (exact) mass is 436 g/mol. The van der Waals surface area contributed by atoms with Gasteiger partial charge in [-0.2, -0.15) is 4.31 Å². The number of halogens is 1. The standard InChI is InChI=1S/C21H25ClN2O4S/c1-16-3-4-17(15-20(16)22)5-10-21(25)23-11-13-24(14-12-23)29(26,27)19-8-6-18(28-2)7-9-19/h3-4,6-9,15H,5,10-14H2,1-2H3. The lowest BCUT2D eigenvalue weighted by molar-refractivity contribution is -0.132. The van der Waals surface area contributed by atoms with Crippen LogP contribution in [0.2, 0.25) is 5.02 Å². The lowest BCUT2D eigenvalue weighted by Crippen LogP contribution is -2.50. The molecule has 0 spiro atoms. The molecule has 29 heavy (non-hydrogen) atoms. The summed E-state index contributed by atoms with van der Waals surface area (Å²) in [7, 11) is -2.04. The van der Waals surface area contributed by atoms with Crippen molar-refractivity contribution in [2.24, 2.45) is 0 Å². The number of carbonyl (C=O) groups is 1. The minimum Gasteiger partial charge on any atom is -0.497 e. The van der Waals surface area contributed by atoms with Crippen molar-refractivity contribution in [1.82, 2.24) is 9.21 Å². The molecule has 0 bridgehead atoms. The fraction of sp³-hybridized carbons (Fsp3) is 0.381. The van der Waals surface area contributed by atoms with E-state index in [0.29, 0.717) is 36.7 Å². The Hall–Kier alpha value is -2.09. The number of aryl methyl sites for hydroxylation is 2. The van der Waals surface area contributed by atoms with Crippen molar-refractivity contribution < 1.29 is 17.9 Å². The smallest absolute Gasteiger partial charge is 0.243 e. The van der Waals surface area contributed by atoms with Crippen LogP contribution in [0, 0.1) is 6.92 Å². The predicted octanol–water partition coefficient (Wildman–Crippen LogP) is 3.12. The van der Waals surface area contributed by atoms with Crippen molar-refractivity contribution in [3.8, 4) is 5.75 Å². The Morgan fingerprint density at radius 1 is 1.07 bits per heavy atom. The van der Waals surface area contributed by atoms with E-state index in [1.807, 2.05) is 25.1 Å². The summed E-state index contributed by atoms with van der Waals surface area (Å²) in [6, 6.07) is 12.2. The third-order valence-electron chi connectivity index (χ3n) is 5.15. The number of carbonyl (C=O) groups excluding carboxylic acids is 1. The Morgan fingerprint density at radius 2 is 1.72 bits per heavy atom. The molecule has 8 heteroatoms. The van der Waals surface area contributed by atoms with Crippen molar-refractivity contribution in [3.63, 3.8) is 0 Å². The van der Waals surface area contributed by atoms with Gasteiger partial charge in [0.15, 0.2) is 0 Å². The molecule has 0 N–H and O–H groups in total. The lowest BCUT2D eigenvalue weighted by Gasteiger charge is -2.34. The van der Waals surface area contributed by atoms with Gasteiger partial charge in [-0.3, -0.25) is 4.79 Å². The van der Waals surface area contributed by atoms with E-state index in [0.717, 1.165) is 11.1 Å². The highest BCUT2D eigenvalue weighted by atomic mass is 35.5. The molecule has 3 rings (SSSR count). The molecule has 2 aromatic carbocycles. The number of piperazine rings is 1. The Labute approximate surface area is 177 Å². The summed E-state index contributed by atoms with van der Waals surface area (Å²) in [5.74, 6) is 0.637. The SMILES string of the molecule is COc1ccc(S(=O)(=O)N2CCN(C(=O)CCc3ccc(C)c(Cl)c3)CC2)cc1. The average Bonchev–Trinajstić information content (AvgIpc) is 2.74. The van der Waals surface area contributed by atoms with E-state index in [9.17, 15) is 13.2 Å². The summed E-state index contributed by atoms with van der Waals surface area (Å²) in [5, 5.41) is 0.701. The van der Waals surface area contributed by atoms with Crippen LogP contribution in [0.3, 0.4) is 0 Å². The Kier molecular flexibility index (Phi) is 6.82. The van der Waals surface area contributed by atoms with Crippen LogP contribution in [-0.2, 0) is 21.2 Å². The van der Waals surface area contributed by atoms with Crippen LogP contribution < -0.4 is 4.74 Å². The fourth-order valence-corrected chi connectivity index (χ4v) is 4.90. The van der Waals surface area contributed by atoms with E-state index < -0.39 is 10.0 Å². The predicted molar refractivity (Wildman–Crippen MR) is 113 cm³/mol. The molecule has 156 valence electrons. The maximum absolute atomic E-state index is 12.8. The first kappa shape index (κ1) is 21.6. The second-order valence-corrected chi connectivity index (χ2v) is 9.39. The zero-order chi connectivity index (χ0) is 21.0. The second-order valence-electron chi connectivity index (χ2n) is 7.04. The quantitative estimate of drug-likeness (QED) is 0.697. The maximum Gasteiger partial charge on any atom is 0.243 e. The molecular formula is C21H25ClN2O4S. The van der Waals surface area contributed by atoms with Crippen LogP contribution >= 0.6 is 11.6 Å². The van der Waals surface area contributed by atoms with Crippen molar-refractivity contribution in [2.75, 3.05) is 33.3 Å². The van der Waals surface area contributed by atoms with E-state index in [4.69, 9.17) is 16.3 Å². The number of nitrogens with zero attached hydrogens (tertiary/aromatic N) is 2. The molecule has 1 amide bonds. The third-order valence-corrected chi connectivity index (χ3v) is 7.47. The first-order chi connectivity index (χ1) is 13.8. The zero-order valence-electron chi connectivity index (χ0n) is 16.6. The van der Waals surface area contributed by atoms with Crippen molar-refractivity contribution in [2.45, 2.75) is 24.7 Å². The van der Waals surface area contributed by atoms with Crippen molar-refractivity contribution >= 4 is 27.5 Å². The van der Waals surface area contributed by atoms with Gasteiger partial charge in [0, 0.05) is 37.6 Å². The van der Waals surface area contributed by atoms with Crippen molar-refractivity contribution in [1.29, 1.82) is 0 Å². The van der Waals surface area contributed by atoms with Gasteiger partial charge in [0.25, 0.3) is 0 Å². The van der Waals surface area contributed by atoms with Crippen molar-refractivity contribution in [3.05, 3.63) is 58.6 Å². The molecule has 0 radical (unpaired) electrons. The molecule has 1 fully saturated rings. The highest BCUT2D eigenvalue weighted by Crippen LogP contribution is 2.21. The van der Waals surface area contributed by atoms with Crippen LogP contribution in [0.15, 0.2) is 47.4 Å². The normalized spacial score (nSPS) is 15.3. The number of hydrogen-bond acceptors (Lipinski definition) is 4. The largest absolute Gasteiger partial charge is 0.497 e. The van der Waals surface area contributed by atoms with Crippen LogP contribution in [-0.4, -0.2) is 56.8 Å². The summed E-state index contributed by atoms with van der Waals surface area (Å²) < 4.78 is 32.1. The molecule has 1 aliphatic rings. The van der Waals surface area contributed by atoms with Gasteiger partial charge in [0.05, 0.1) is 12.0 Å². The first-order valence-electron chi connectivity index (χ1n) is 9.48. The molecule has 1 saturated heterocycles. The van der Waals surface area contributed by atoms with Gasteiger partial charge in [-0.05, 0) is 54.8 Å². The van der Waals surface area contributed by atoms with Gasteiger partial charge in [0.1, 0.15) is 5.75 Å². The Balaban J connectivity index is 1.54. The van der Waals surface area contributed by atoms with E-state index >= 15 is 0 Å². The molecule has 0 aromatic heterocycles. The van der Waals surface area contributed by atoms with Gasteiger partial charge in [-0.25, -0.2) is 8.42 Å². The fourth-order valence-electron chi connectivity index (χ4n) is 3.28. The molecule has 0 saturated carbocycles. The minimum atomic E-state index is -3.58. The van der Waals surface area contributed by atoms with Gasteiger partial charge >= 0.3 is 0 Å². The number of rotatable bonds is 6. The van der Waals surface area contributed by atoms with Gasteiger partial charge in [-0.15, -0.1) is 0 Å². The number of amides is 1. The molecule has 0 unspecified atom stereocenters. The lowest BCUT2D eigenvalue weighted by atomic mass is 10.1. The summed E-state index contributed by atoms with van der Waals surface area (Å²) in [6.07, 6.45) is 0.994. The topological polar surface area (TPSA) is 66.9 Å². The minimum absolute atomic E-state index is 0.0307.